The summed E-state index contributed by atoms with van der Waals surface area (Å²) in [7, 11) is 1.54. The Balaban J connectivity index is 1.55. The van der Waals surface area contributed by atoms with E-state index in [1.165, 1.54) is 0 Å². The van der Waals surface area contributed by atoms with Crippen molar-refractivity contribution in [3.63, 3.8) is 0 Å². The number of benzene rings is 3. The molecule has 1 amide bonds. The lowest BCUT2D eigenvalue weighted by Gasteiger charge is -2.14. The number of aromatic nitrogens is 1. The summed E-state index contributed by atoms with van der Waals surface area (Å²) in [5, 5.41) is 3.32. The van der Waals surface area contributed by atoms with Crippen LogP contribution in [0, 0.1) is 27.7 Å². The molecule has 33 heavy (non-hydrogen) atoms. The maximum atomic E-state index is 12.6. The maximum absolute atomic E-state index is 12.6. The van der Waals surface area contributed by atoms with Crippen LogP contribution in [0.4, 0.5) is 5.69 Å². The first-order valence-corrected chi connectivity index (χ1v) is 10.9. The van der Waals surface area contributed by atoms with Crippen LogP contribution >= 0.6 is 11.6 Å². The molecule has 1 N–H and O–H groups in total. The second-order valence-corrected chi connectivity index (χ2v) is 8.48. The van der Waals surface area contributed by atoms with Crippen molar-refractivity contribution in [2.45, 2.75) is 27.7 Å². The number of nitrogens with zero attached hydrogens (tertiary/aromatic N) is 1. The standard InChI is InChI=1S/C26H25ClN2O4/c1-14-8-17(4)25(19(27)9-14)32-13-24(30)28-21-12-18(6-7-22(21)31-5)26-29-20-10-15(2)16(3)11-23(20)33-26/h6-12H,13H2,1-5H3,(H,28,30). The van der Waals surface area contributed by atoms with Gasteiger partial charge in [-0.1, -0.05) is 17.7 Å². The summed E-state index contributed by atoms with van der Waals surface area (Å²) in [6.07, 6.45) is 0. The number of oxazole rings is 1. The van der Waals surface area contributed by atoms with Crippen molar-refractivity contribution in [1.29, 1.82) is 0 Å². The molecular formula is C26H25ClN2O4. The molecule has 0 unspecified atom stereocenters. The van der Waals surface area contributed by atoms with Crippen LogP contribution in [-0.4, -0.2) is 24.6 Å². The Labute approximate surface area is 197 Å². The largest absolute Gasteiger partial charge is 0.495 e. The van der Waals surface area contributed by atoms with Gasteiger partial charge in [0.25, 0.3) is 5.91 Å². The third-order valence-corrected chi connectivity index (χ3v) is 5.73. The first kappa shape index (κ1) is 22.7. The molecule has 0 aliphatic rings. The molecule has 3 aromatic carbocycles. The van der Waals surface area contributed by atoms with Crippen LogP contribution in [0.1, 0.15) is 22.3 Å². The summed E-state index contributed by atoms with van der Waals surface area (Å²) >= 11 is 6.27. The molecule has 0 saturated heterocycles. The molecule has 1 aromatic heterocycles. The highest BCUT2D eigenvalue weighted by Gasteiger charge is 2.15. The Hall–Kier alpha value is -3.51. The van der Waals surface area contributed by atoms with Gasteiger partial charge in [-0.15, -0.1) is 0 Å². The van der Waals surface area contributed by atoms with E-state index < -0.39 is 0 Å². The average Bonchev–Trinajstić information content (AvgIpc) is 3.16. The number of carbonyl (C=O) groups excluding carboxylic acids is 1. The number of hydrogen-bond acceptors (Lipinski definition) is 5. The van der Waals surface area contributed by atoms with Crippen molar-refractivity contribution in [3.8, 4) is 23.0 Å². The van der Waals surface area contributed by atoms with Gasteiger partial charge in [-0.2, -0.15) is 0 Å². The highest BCUT2D eigenvalue weighted by atomic mass is 35.5. The van der Waals surface area contributed by atoms with Crippen LogP contribution in [0.25, 0.3) is 22.6 Å². The van der Waals surface area contributed by atoms with Crippen molar-refractivity contribution in [1.82, 2.24) is 4.98 Å². The summed E-state index contributed by atoms with van der Waals surface area (Å²) < 4.78 is 17.1. The number of rotatable bonds is 6. The molecule has 4 rings (SSSR count). The van der Waals surface area contributed by atoms with Gasteiger partial charge in [0.15, 0.2) is 12.2 Å². The van der Waals surface area contributed by atoms with Gasteiger partial charge < -0.3 is 19.2 Å². The molecule has 7 heteroatoms. The van der Waals surface area contributed by atoms with Gasteiger partial charge in [0.05, 0.1) is 17.8 Å². The minimum atomic E-state index is -0.342. The number of anilines is 1. The van der Waals surface area contributed by atoms with Crippen LogP contribution in [0.3, 0.4) is 0 Å². The summed E-state index contributed by atoms with van der Waals surface area (Å²) in [6, 6.07) is 13.1. The highest BCUT2D eigenvalue weighted by Crippen LogP contribution is 2.33. The van der Waals surface area contributed by atoms with Gasteiger partial charge in [-0.3, -0.25) is 4.79 Å². The summed E-state index contributed by atoms with van der Waals surface area (Å²) in [5.74, 6) is 1.13. The van der Waals surface area contributed by atoms with E-state index >= 15 is 0 Å². The van der Waals surface area contributed by atoms with Crippen molar-refractivity contribution < 1.29 is 18.7 Å². The Bertz CT molecular complexity index is 1300. The van der Waals surface area contributed by atoms with Crippen LogP contribution < -0.4 is 14.8 Å². The zero-order chi connectivity index (χ0) is 23.7. The third kappa shape index (κ3) is 4.81. The number of carbonyl (C=O) groups is 1. The number of halogens is 1. The zero-order valence-electron chi connectivity index (χ0n) is 19.2. The highest BCUT2D eigenvalue weighted by molar-refractivity contribution is 6.32. The molecule has 0 bridgehead atoms. The lowest BCUT2D eigenvalue weighted by Crippen LogP contribution is -2.21. The zero-order valence-corrected chi connectivity index (χ0v) is 20.0. The number of fused-ring (bicyclic) bond motifs is 1. The van der Waals surface area contributed by atoms with Gasteiger partial charge >= 0.3 is 0 Å². The second kappa shape index (κ2) is 9.16. The summed E-state index contributed by atoms with van der Waals surface area (Å²) in [5.41, 5.74) is 6.89. The van der Waals surface area contributed by atoms with Crippen LogP contribution in [0.15, 0.2) is 46.9 Å². The van der Waals surface area contributed by atoms with E-state index in [1.54, 1.807) is 25.3 Å². The SMILES string of the molecule is COc1ccc(-c2nc3cc(C)c(C)cc3o2)cc1NC(=O)COc1c(C)cc(C)cc1Cl. The molecular weight excluding hydrogens is 440 g/mol. The molecule has 0 aliphatic heterocycles. The second-order valence-electron chi connectivity index (χ2n) is 8.07. The van der Waals surface area contributed by atoms with Crippen LogP contribution in [-0.2, 0) is 4.79 Å². The van der Waals surface area contributed by atoms with Crippen molar-refractivity contribution in [2.24, 2.45) is 0 Å². The van der Waals surface area contributed by atoms with E-state index in [0.29, 0.717) is 33.7 Å². The number of amides is 1. The van der Waals surface area contributed by atoms with E-state index in [-0.39, 0.29) is 12.5 Å². The van der Waals surface area contributed by atoms with E-state index in [9.17, 15) is 4.79 Å². The van der Waals surface area contributed by atoms with Crippen molar-refractivity contribution in [2.75, 3.05) is 19.0 Å². The Kier molecular flexibility index (Phi) is 6.29. The number of aryl methyl sites for hydroxylation is 4. The summed E-state index contributed by atoms with van der Waals surface area (Å²) in [4.78, 5) is 17.2. The van der Waals surface area contributed by atoms with E-state index in [4.69, 9.17) is 25.5 Å². The first-order valence-electron chi connectivity index (χ1n) is 10.5. The predicted molar refractivity (Wildman–Crippen MR) is 131 cm³/mol. The number of ether oxygens (including phenoxy) is 2. The maximum Gasteiger partial charge on any atom is 0.262 e. The molecule has 0 fully saturated rings. The fourth-order valence-electron chi connectivity index (χ4n) is 3.65. The van der Waals surface area contributed by atoms with Crippen molar-refractivity contribution >= 4 is 34.3 Å². The van der Waals surface area contributed by atoms with E-state index in [1.807, 2.05) is 52.0 Å². The van der Waals surface area contributed by atoms with E-state index in [0.717, 1.165) is 33.3 Å². The molecule has 0 saturated carbocycles. The van der Waals surface area contributed by atoms with Gasteiger partial charge in [0, 0.05) is 5.56 Å². The number of hydrogen-bond donors (Lipinski definition) is 1. The molecule has 0 atom stereocenters. The normalized spacial score (nSPS) is 11.0. The van der Waals surface area contributed by atoms with E-state index in [2.05, 4.69) is 10.3 Å². The Morgan fingerprint density at radius 2 is 1.79 bits per heavy atom. The lowest BCUT2D eigenvalue weighted by molar-refractivity contribution is -0.118. The Morgan fingerprint density at radius 3 is 2.52 bits per heavy atom. The Morgan fingerprint density at radius 1 is 1.03 bits per heavy atom. The predicted octanol–water partition coefficient (Wildman–Crippen LogP) is 6.41. The minimum Gasteiger partial charge on any atom is -0.495 e. The molecule has 0 spiro atoms. The fourth-order valence-corrected chi connectivity index (χ4v) is 4.03. The fraction of sp³-hybridized carbons (Fsp3) is 0.231. The average molecular weight is 465 g/mol. The van der Waals surface area contributed by atoms with Gasteiger partial charge in [0.2, 0.25) is 5.89 Å². The third-order valence-electron chi connectivity index (χ3n) is 5.45. The van der Waals surface area contributed by atoms with Crippen LogP contribution in [0.5, 0.6) is 11.5 Å². The lowest BCUT2D eigenvalue weighted by atomic mass is 10.1. The van der Waals surface area contributed by atoms with Crippen LogP contribution in [0.2, 0.25) is 5.02 Å². The summed E-state index contributed by atoms with van der Waals surface area (Å²) in [6.45, 7) is 7.72. The number of nitrogens with one attached hydrogen (secondary N) is 1. The molecule has 0 radical (unpaired) electrons. The molecule has 1 heterocycles. The monoisotopic (exact) mass is 464 g/mol. The van der Waals surface area contributed by atoms with Gasteiger partial charge in [-0.05, 0) is 86.3 Å². The molecule has 170 valence electrons. The smallest absolute Gasteiger partial charge is 0.262 e. The van der Waals surface area contributed by atoms with Crippen molar-refractivity contribution in [3.05, 3.63) is 69.7 Å². The van der Waals surface area contributed by atoms with Gasteiger partial charge in [0.1, 0.15) is 17.0 Å². The minimum absolute atomic E-state index is 0.196. The van der Waals surface area contributed by atoms with Gasteiger partial charge in [-0.25, -0.2) is 4.98 Å². The quantitative estimate of drug-likeness (QED) is 0.357. The molecule has 0 aliphatic carbocycles. The topological polar surface area (TPSA) is 73.6 Å². The number of methoxy groups -OCH3 is 1. The molecule has 6 nitrogen and oxygen atoms in total. The molecule has 4 aromatic rings. The first-order chi connectivity index (χ1) is 15.7.